The summed E-state index contributed by atoms with van der Waals surface area (Å²) in [5.74, 6) is 1.36. The van der Waals surface area contributed by atoms with Crippen molar-refractivity contribution in [3.8, 4) is 0 Å². The molecule has 2 N–H and O–H groups in total. The fourth-order valence-corrected chi connectivity index (χ4v) is 3.48. The van der Waals surface area contributed by atoms with Crippen molar-refractivity contribution in [3.63, 3.8) is 0 Å². The maximum atomic E-state index is 6.05. The third-order valence-corrected chi connectivity index (χ3v) is 5.25. The topological polar surface area (TPSA) is 72.7 Å². The highest BCUT2D eigenvalue weighted by atomic mass is 127. The zero-order chi connectivity index (χ0) is 21.0. The molecule has 0 saturated carbocycles. The maximum Gasteiger partial charge on any atom is 0.191 e. The summed E-state index contributed by atoms with van der Waals surface area (Å²) in [5.41, 5.74) is 1.12. The first-order valence-electron chi connectivity index (χ1n) is 10.7. The molecule has 1 aliphatic rings. The van der Waals surface area contributed by atoms with Crippen LogP contribution in [-0.2, 0) is 9.47 Å². The fraction of sp³-hybridized carbons (Fsp3) is 0.545. The highest BCUT2D eigenvalue weighted by Crippen LogP contribution is 2.20. The molecule has 0 amide bonds. The van der Waals surface area contributed by atoms with E-state index in [0.717, 1.165) is 68.9 Å². The monoisotopic (exact) mass is 561 g/mol. The highest BCUT2D eigenvalue weighted by Gasteiger charge is 2.16. The second-order valence-corrected chi connectivity index (χ2v) is 7.79. The lowest BCUT2D eigenvalue weighted by atomic mass is 10.1. The van der Waals surface area contributed by atoms with Crippen LogP contribution in [0.3, 0.4) is 0 Å². The van der Waals surface area contributed by atoms with Crippen LogP contribution in [0, 0.1) is 5.92 Å². The van der Waals surface area contributed by atoms with Gasteiger partial charge in [-0.1, -0.05) is 23.7 Å². The summed E-state index contributed by atoms with van der Waals surface area (Å²) in [6, 6.07) is 9.78. The molecule has 0 aliphatic carbocycles. The number of hydrogen-bond donors (Lipinski definition) is 2. The van der Waals surface area contributed by atoms with Gasteiger partial charge in [0.2, 0.25) is 0 Å². The van der Waals surface area contributed by atoms with E-state index in [-0.39, 0.29) is 30.0 Å². The first-order chi connectivity index (χ1) is 14.8. The summed E-state index contributed by atoms with van der Waals surface area (Å²) in [4.78, 5) is 4.79. The van der Waals surface area contributed by atoms with Gasteiger partial charge in [0.05, 0.1) is 25.8 Å². The molecule has 1 fully saturated rings. The molecular weight excluding hydrogens is 529 g/mol. The Morgan fingerprint density at radius 2 is 2.19 bits per heavy atom. The summed E-state index contributed by atoms with van der Waals surface area (Å²) in [6.07, 6.45) is 5.79. The lowest BCUT2D eigenvalue weighted by Crippen LogP contribution is -2.38. The van der Waals surface area contributed by atoms with E-state index < -0.39 is 0 Å². The molecule has 172 valence electrons. The van der Waals surface area contributed by atoms with Gasteiger partial charge in [-0.15, -0.1) is 24.0 Å². The van der Waals surface area contributed by atoms with Crippen molar-refractivity contribution in [2.45, 2.75) is 25.8 Å². The molecule has 1 aliphatic heterocycles. The quantitative estimate of drug-likeness (QED) is 0.189. The summed E-state index contributed by atoms with van der Waals surface area (Å²) in [5, 5.41) is 11.8. The summed E-state index contributed by atoms with van der Waals surface area (Å²) >= 11 is 6.05. The SMILES string of the molecule is CCNC(=NCC(c1ccc(Cl)cc1)n1cccn1)NCCCOCC1CCOC1.I. The molecule has 1 aromatic heterocycles. The number of halogens is 2. The normalized spacial score (nSPS) is 17.2. The second-order valence-electron chi connectivity index (χ2n) is 7.36. The zero-order valence-electron chi connectivity index (χ0n) is 18.0. The fourth-order valence-electron chi connectivity index (χ4n) is 3.36. The number of aliphatic imine (C=N–C) groups is 1. The summed E-state index contributed by atoms with van der Waals surface area (Å²) < 4.78 is 13.1. The number of ether oxygens (including phenoxy) is 2. The van der Waals surface area contributed by atoms with Gasteiger partial charge in [0.15, 0.2) is 5.96 Å². The largest absolute Gasteiger partial charge is 0.381 e. The van der Waals surface area contributed by atoms with Crippen LogP contribution < -0.4 is 10.6 Å². The van der Waals surface area contributed by atoms with Crippen LogP contribution in [0.5, 0.6) is 0 Å². The number of nitrogens with zero attached hydrogens (tertiary/aromatic N) is 3. The van der Waals surface area contributed by atoms with Crippen molar-refractivity contribution in [2.24, 2.45) is 10.9 Å². The van der Waals surface area contributed by atoms with Crippen LogP contribution in [0.4, 0.5) is 0 Å². The molecular formula is C22H33ClIN5O2. The molecule has 2 unspecified atom stereocenters. The van der Waals surface area contributed by atoms with Gasteiger partial charge < -0.3 is 20.1 Å². The Morgan fingerprint density at radius 3 is 2.87 bits per heavy atom. The molecule has 2 heterocycles. The molecule has 7 nitrogen and oxygen atoms in total. The van der Waals surface area contributed by atoms with E-state index in [0.29, 0.717) is 12.5 Å². The average Bonchev–Trinajstić information content (AvgIpc) is 3.46. The number of aromatic nitrogens is 2. The molecule has 1 aromatic carbocycles. The molecule has 0 spiro atoms. The number of hydrogen-bond acceptors (Lipinski definition) is 4. The van der Waals surface area contributed by atoms with Crippen LogP contribution in [0.25, 0.3) is 0 Å². The van der Waals surface area contributed by atoms with Crippen molar-refractivity contribution in [1.82, 2.24) is 20.4 Å². The molecule has 0 bridgehead atoms. The standard InChI is InChI=1S/C22H32ClN5O2.HI/c1-2-24-22(25-10-4-13-29-16-18-9-14-30-17-18)26-15-21(28-12-3-11-27-28)19-5-7-20(23)8-6-19;/h3,5-8,11-12,18,21H,2,4,9-10,13-17H2,1H3,(H2,24,25,26);1H. The van der Waals surface area contributed by atoms with Crippen LogP contribution in [0.1, 0.15) is 31.4 Å². The van der Waals surface area contributed by atoms with Crippen molar-refractivity contribution in [2.75, 3.05) is 46.1 Å². The molecule has 0 radical (unpaired) electrons. The van der Waals surface area contributed by atoms with Crippen molar-refractivity contribution < 1.29 is 9.47 Å². The first kappa shape index (κ1) is 25.9. The lowest BCUT2D eigenvalue weighted by Gasteiger charge is -2.18. The second kappa shape index (κ2) is 14.7. The first-order valence-corrected chi connectivity index (χ1v) is 11.1. The van der Waals surface area contributed by atoms with Crippen molar-refractivity contribution >= 4 is 41.5 Å². The average molecular weight is 562 g/mol. The van der Waals surface area contributed by atoms with E-state index in [1.165, 1.54) is 0 Å². The molecule has 1 saturated heterocycles. The Bertz CT molecular complexity index is 752. The predicted molar refractivity (Wildman–Crippen MR) is 136 cm³/mol. The van der Waals surface area contributed by atoms with Crippen LogP contribution in [0.15, 0.2) is 47.7 Å². The molecule has 31 heavy (non-hydrogen) atoms. The highest BCUT2D eigenvalue weighted by molar-refractivity contribution is 14.0. The van der Waals surface area contributed by atoms with Gasteiger partial charge in [0.25, 0.3) is 0 Å². The smallest absolute Gasteiger partial charge is 0.191 e. The van der Waals surface area contributed by atoms with Crippen molar-refractivity contribution in [1.29, 1.82) is 0 Å². The molecule has 2 aromatic rings. The predicted octanol–water partition coefficient (Wildman–Crippen LogP) is 3.74. The molecule has 2 atom stereocenters. The minimum Gasteiger partial charge on any atom is -0.381 e. The van der Waals surface area contributed by atoms with Crippen LogP contribution in [-0.4, -0.2) is 61.8 Å². The Labute approximate surface area is 207 Å². The van der Waals surface area contributed by atoms with E-state index >= 15 is 0 Å². The molecule has 9 heteroatoms. The van der Waals surface area contributed by atoms with Gasteiger partial charge in [-0.2, -0.15) is 5.10 Å². The van der Waals surface area contributed by atoms with Gasteiger partial charge in [-0.3, -0.25) is 9.67 Å². The maximum absolute atomic E-state index is 6.05. The zero-order valence-corrected chi connectivity index (χ0v) is 21.1. The Morgan fingerprint density at radius 1 is 1.35 bits per heavy atom. The third kappa shape index (κ3) is 8.96. The summed E-state index contributed by atoms with van der Waals surface area (Å²) in [7, 11) is 0. The summed E-state index contributed by atoms with van der Waals surface area (Å²) in [6.45, 7) is 7.47. The number of rotatable bonds is 11. The number of nitrogens with one attached hydrogen (secondary N) is 2. The van der Waals surface area contributed by atoms with Gasteiger partial charge in [0.1, 0.15) is 0 Å². The van der Waals surface area contributed by atoms with Gasteiger partial charge >= 0.3 is 0 Å². The van der Waals surface area contributed by atoms with E-state index in [4.69, 9.17) is 26.1 Å². The van der Waals surface area contributed by atoms with Gasteiger partial charge in [-0.05, 0) is 43.5 Å². The minimum atomic E-state index is 0. The van der Waals surface area contributed by atoms with E-state index in [9.17, 15) is 0 Å². The van der Waals surface area contributed by atoms with Gasteiger partial charge in [-0.25, -0.2) is 0 Å². The molecule has 3 rings (SSSR count). The third-order valence-electron chi connectivity index (χ3n) is 5.00. The van der Waals surface area contributed by atoms with Crippen LogP contribution >= 0.6 is 35.6 Å². The number of guanidine groups is 1. The van der Waals surface area contributed by atoms with Gasteiger partial charge in [0, 0.05) is 49.6 Å². The number of benzene rings is 1. The van der Waals surface area contributed by atoms with E-state index in [2.05, 4.69) is 22.7 Å². The Kier molecular flexibility index (Phi) is 12.2. The lowest BCUT2D eigenvalue weighted by molar-refractivity contribution is 0.0888. The van der Waals surface area contributed by atoms with Crippen molar-refractivity contribution in [3.05, 3.63) is 53.3 Å². The minimum absolute atomic E-state index is 0. The van der Waals surface area contributed by atoms with E-state index in [1.807, 2.05) is 41.2 Å². The Hall–Kier alpha value is -1.36. The Balaban J connectivity index is 0.00000341. The van der Waals surface area contributed by atoms with Crippen LogP contribution in [0.2, 0.25) is 5.02 Å². The van der Waals surface area contributed by atoms with E-state index in [1.54, 1.807) is 6.20 Å².